The van der Waals surface area contributed by atoms with Gasteiger partial charge in [-0.15, -0.1) is 4.72 Å². The van der Waals surface area contributed by atoms with Crippen molar-refractivity contribution >= 4 is 10.4 Å². The van der Waals surface area contributed by atoms with Crippen LogP contribution in [0.1, 0.15) is 20.3 Å². The molecular weight excluding hydrogens is 195 g/mol. The number of hydrogen-bond acceptors (Lipinski definition) is 2. The van der Waals surface area contributed by atoms with Gasteiger partial charge in [-0.05, 0) is 13.3 Å². The van der Waals surface area contributed by atoms with Crippen LogP contribution in [-0.2, 0) is 10.4 Å². The van der Waals surface area contributed by atoms with Gasteiger partial charge in [0.15, 0.2) is 0 Å². The third-order valence-electron chi connectivity index (χ3n) is 2.15. The highest BCUT2D eigenvalue weighted by Gasteiger charge is 2.20. The largest absolute Gasteiger partial charge is 0.376 e. The molecule has 0 aromatic carbocycles. The zero-order valence-electron chi connectivity index (χ0n) is 8.38. The van der Waals surface area contributed by atoms with Gasteiger partial charge in [0.2, 0.25) is 0 Å². The van der Waals surface area contributed by atoms with Gasteiger partial charge in [0.1, 0.15) is 6.67 Å². The molecule has 0 saturated carbocycles. The highest BCUT2D eigenvalue weighted by Crippen LogP contribution is 2.02. The Bertz CT molecular complexity index is 243. The molecule has 0 aliphatic heterocycles. The smallest absolute Gasteiger partial charge is 0.313 e. The Morgan fingerprint density at radius 3 is 2.23 bits per heavy atom. The molecular formula is C7H18FN2O2S+. The Kier molecular flexibility index (Phi) is 4.80. The normalized spacial score (nSPS) is 16.9. The second-order valence-electron chi connectivity index (χ2n) is 3.40. The van der Waals surface area contributed by atoms with Crippen LogP contribution in [0.25, 0.3) is 0 Å². The minimum Gasteiger partial charge on any atom is -0.313 e. The zero-order valence-corrected chi connectivity index (χ0v) is 9.19. The maximum atomic E-state index is 12.1. The maximum Gasteiger partial charge on any atom is 0.376 e. The third kappa shape index (κ3) is 5.95. The van der Waals surface area contributed by atoms with E-state index in [1.807, 2.05) is 25.6 Å². The van der Waals surface area contributed by atoms with Crippen molar-refractivity contribution in [3.8, 4) is 0 Å². The molecule has 0 radical (unpaired) electrons. The molecule has 4 nitrogen and oxygen atoms in total. The van der Waals surface area contributed by atoms with Gasteiger partial charge in [-0.25, -0.2) is 0 Å². The number of hydrogen-bond donors (Lipinski definition) is 1. The summed E-state index contributed by atoms with van der Waals surface area (Å²) >= 11 is 0. The fourth-order valence-electron chi connectivity index (χ4n) is 1.12. The van der Waals surface area contributed by atoms with Gasteiger partial charge in [0.25, 0.3) is 0 Å². The summed E-state index contributed by atoms with van der Waals surface area (Å²) in [5.41, 5.74) is 0. The molecule has 0 rings (SSSR count). The van der Waals surface area contributed by atoms with Crippen molar-refractivity contribution in [2.24, 2.45) is 0 Å². The highest BCUT2D eigenvalue weighted by molar-refractivity contribution is 7.84. The second-order valence-corrected chi connectivity index (χ2v) is 4.56. The van der Waals surface area contributed by atoms with E-state index in [2.05, 4.69) is 0 Å². The van der Waals surface area contributed by atoms with E-state index in [1.54, 1.807) is 0 Å². The second kappa shape index (κ2) is 4.88. The van der Waals surface area contributed by atoms with Gasteiger partial charge >= 0.3 is 10.4 Å². The number of halogens is 1. The van der Waals surface area contributed by atoms with Gasteiger partial charge in [-0.3, -0.25) is 0 Å². The lowest BCUT2D eigenvalue weighted by Gasteiger charge is -2.32. The van der Waals surface area contributed by atoms with Crippen LogP contribution in [0.15, 0.2) is 0 Å². The van der Waals surface area contributed by atoms with E-state index in [-0.39, 0.29) is 6.67 Å². The van der Waals surface area contributed by atoms with Crippen molar-refractivity contribution in [1.82, 2.24) is 4.72 Å². The van der Waals surface area contributed by atoms with Crippen LogP contribution in [-0.4, -0.2) is 39.7 Å². The van der Waals surface area contributed by atoms with Crippen LogP contribution in [0.3, 0.4) is 0 Å². The fraction of sp³-hybridized carbons (Fsp3) is 1.00. The topological polar surface area (TPSA) is 46.2 Å². The van der Waals surface area contributed by atoms with E-state index in [0.29, 0.717) is 4.48 Å². The van der Waals surface area contributed by atoms with Gasteiger partial charge in [0.05, 0.1) is 20.1 Å². The molecule has 0 saturated heterocycles. The third-order valence-corrected chi connectivity index (χ3v) is 2.62. The summed E-state index contributed by atoms with van der Waals surface area (Å²) in [7, 11) is -2.66. The molecule has 0 aliphatic rings. The van der Waals surface area contributed by atoms with Crippen molar-refractivity contribution in [3.05, 3.63) is 0 Å². The first-order valence-corrected chi connectivity index (χ1v) is 5.74. The summed E-state index contributed by atoms with van der Waals surface area (Å²) in [5, 5.41) is 0. The molecule has 0 fully saturated rings. The standard InChI is InChI=1S/C7H18FN2O2S/c1-4-6-10(3,5-2)7-9-13(8,11)12/h9H,4-7H2,1-3H3/q+1. The van der Waals surface area contributed by atoms with Crippen LogP contribution >= 0.6 is 0 Å². The van der Waals surface area contributed by atoms with Crippen molar-refractivity contribution < 1.29 is 16.8 Å². The average molecular weight is 213 g/mol. The Hall–Kier alpha value is -0.200. The molecule has 0 spiro atoms. The molecule has 1 unspecified atom stereocenters. The SMILES string of the molecule is CCC[N+](C)(CC)CNS(=O)(=O)F. The van der Waals surface area contributed by atoms with Crippen LogP contribution in [0.2, 0.25) is 0 Å². The predicted molar refractivity (Wildman–Crippen MR) is 49.9 cm³/mol. The molecule has 1 N–H and O–H groups in total. The summed E-state index contributed by atoms with van der Waals surface area (Å²) in [5.74, 6) is 0. The first-order valence-electron chi connectivity index (χ1n) is 4.36. The van der Waals surface area contributed by atoms with Gasteiger partial charge in [-0.1, -0.05) is 10.8 Å². The van der Waals surface area contributed by atoms with Crippen molar-refractivity contribution in [1.29, 1.82) is 0 Å². The summed E-state index contributed by atoms with van der Waals surface area (Å²) in [4.78, 5) is 0. The summed E-state index contributed by atoms with van der Waals surface area (Å²) in [6.07, 6.45) is 0.943. The molecule has 0 aromatic rings. The van der Waals surface area contributed by atoms with Crippen molar-refractivity contribution in [2.75, 3.05) is 26.8 Å². The maximum absolute atomic E-state index is 12.1. The fourth-order valence-corrected chi connectivity index (χ4v) is 1.59. The van der Waals surface area contributed by atoms with Crippen LogP contribution in [0.5, 0.6) is 0 Å². The molecule has 0 aromatic heterocycles. The minimum atomic E-state index is -4.55. The molecule has 6 heteroatoms. The van der Waals surface area contributed by atoms with E-state index in [1.165, 1.54) is 0 Å². The number of nitrogens with zero attached hydrogens (tertiary/aromatic N) is 1. The Morgan fingerprint density at radius 1 is 1.38 bits per heavy atom. The molecule has 1 atom stereocenters. The number of quaternary nitrogens is 1. The van der Waals surface area contributed by atoms with Crippen LogP contribution in [0.4, 0.5) is 3.89 Å². The van der Waals surface area contributed by atoms with E-state index in [9.17, 15) is 12.3 Å². The zero-order chi connectivity index (χ0) is 10.5. The number of nitrogens with one attached hydrogen (secondary N) is 1. The molecule has 0 aliphatic carbocycles. The molecule has 80 valence electrons. The van der Waals surface area contributed by atoms with Crippen LogP contribution < -0.4 is 4.72 Å². The highest BCUT2D eigenvalue weighted by atomic mass is 32.3. The average Bonchev–Trinajstić information content (AvgIpc) is 2.01. The van der Waals surface area contributed by atoms with E-state index in [0.717, 1.165) is 19.5 Å². The Labute approximate surface area is 79.7 Å². The summed E-state index contributed by atoms with van der Waals surface area (Å²) in [6.45, 7) is 5.68. The van der Waals surface area contributed by atoms with E-state index in [4.69, 9.17) is 0 Å². The molecule has 0 heterocycles. The number of rotatable bonds is 6. The quantitative estimate of drug-likeness (QED) is 0.399. The minimum absolute atomic E-state index is 0.114. The monoisotopic (exact) mass is 213 g/mol. The lowest BCUT2D eigenvalue weighted by molar-refractivity contribution is -0.909. The van der Waals surface area contributed by atoms with Crippen molar-refractivity contribution in [2.45, 2.75) is 20.3 Å². The van der Waals surface area contributed by atoms with Crippen LogP contribution in [0, 0.1) is 0 Å². The first kappa shape index (κ1) is 12.8. The summed E-state index contributed by atoms with van der Waals surface area (Å²) < 4.78 is 35.0. The van der Waals surface area contributed by atoms with E-state index < -0.39 is 10.4 Å². The van der Waals surface area contributed by atoms with E-state index >= 15 is 0 Å². The molecule has 0 bridgehead atoms. The Balaban J connectivity index is 4.13. The van der Waals surface area contributed by atoms with Gasteiger partial charge < -0.3 is 4.48 Å². The predicted octanol–water partition coefficient (Wildman–Crippen LogP) is 0.624. The summed E-state index contributed by atoms with van der Waals surface area (Å²) in [6, 6.07) is 0. The first-order chi connectivity index (χ1) is 5.83. The Morgan fingerprint density at radius 2 is 1.92 bits per heavy atom. The van der Waals surface area contributed by atoms with Crippen molar-refractivity contribution in [3.63, 3.8) is 0 Å². The molecule has 13 heavy (non-hydrogen) atoms. The van der Waals surface area contributed by atoms with Gasteiger partial charge in [-0.2, -0.15) is 8.42 Å². The van der Waals surface area contributed by atoms with Gasteiger partial charge in [0, 0.05) is 0 Å². The lowest BCUT2D eigenvalue weighted by atomic mass is 10.4. The molecule has 0 amide bonds. The lowest BCUT2D eigenvalue weighted by Crippen LogP contribution is -2.51.